The molecule has 0 amide bonds. The van der Waals surface area contributed by atoms with Gasteiger partial charge in [0.1, 0.15) is 18.5 Å². The average molecular weight is 485 g/mol. The number of piperidine rings is 1. The summed E-state index contributed by atoms with van der Waals surface area (Å²) in [6, 6.07) is 19.6. The van der Waals surface area contributed by atoms with Crippen molar-refractivity contribution in [3.8, 4) is 5.75 Å². The summed E-state index contributed by atoms with van der Waals surface area (Å²) in [5, 5.41) is 0. The number of pyridine rings is 1. The molecule has 7 heteroatoms. The number of para-hydroxylation sites is 1. The number of nitrogens with zero attached hydrogens (tertiary/aromatic N) is 2. The highest BCUT2D eigenvalue weighted by atomic mass is 19.4. The van der Waals surface area contributed by atoms with Crippen LogP contribution in [0.25, 0.3) is 0 Å². The summed E-state index contributed by atoms with van der Waals surface area (Å²) in [4.78, 5) is 6.76. The van der Waals surface area contributed by atoms with Crippen LogP contribution >= 0.6 is 0 Å². The minimum atomic E-state index is -4.42. The molecule has 3 aromatic rings. The number of hydrogen-bond acceptors (Lipinski definition) is 4. The normalized spacial score (nSPS) is 16.2. The van der Waals surface area contributed by atoms with Crippen LogP contribution in [0.2, 0.25) is 0 Å². The Kier molecular flexibility index (Phi) is 8.42. The summed E-state index contributed by atoms with van der Waals surface area (Å²) in [7, 11) is 0. The third-order valence-electron chi connectivity index (χ3n) is 6.40. The second-order valence-electron chi connectivity index (χ2n) is 9.01. The lowest BCUT2D eigenvalue weighted by Gasteiger charge is -2.32. The van der Waals surface area contributed by atoms with Gasteiger partial charge in [-0.2, -0.15) is 13.2 Å². The highest BCUT2D eigenvalue weighted by Gasteiger charge is 2.34. The molecular formula is C28H31F3N2O2. The van der Waals surface area contributed by atoms with Crippen LogP contribution < -0.4 is 4.74 Å². The molecule has 0 bridgehead atoms. The van der Waals surface area contributed by atoms with Gasteiger partial charge >= 0.3 is 6.18 Å². The molecule has 4 nitrogen and oxygen atoms in total. The first-order chi connectivity index (χ1) is 16.9. The first kappa shape index (κ1) is 25.2. The number of benzene rings is 2. The fourth-order valence-corrected chi connectivity index (χ4v) is 4.35. The number of halogens is 3. The molecule has 0 aliphatic carbocycles. The van der Waals surface area contributed by atoms with E-state index in [0.29, 0.717) is 19.1 Å². The lowest BCUT2D eigenvalue weighted by atomic mass is 9.97. The Hall–Kier alpha value is -2.90. The van der Waals surface area contributed by atoms with Crippen molar-refractivity contribution in [1.29, 1.82) is 0 Å². The second-order valence-corrected chi connectivity index (χ2v) is 9.01. The zero-order valence-electron chi connectivity index (χ0n) is 19.9. The van der Waals surface area contributed by atoms with E-state index in [0.717, 1.165) is 43.3 Å². The highest BCUT2D eigenvalue weighted by Crippen LogP contribution is 2.36. The number of aromatic nitrogens is 1. The number of hydrogen-bond donors (Lipinski definition) is 0. The standard InChI is InChI=1S/C28H31F3N2O2/c1-21-9-11-23(12-10-21)27(25-7-4-5-15-32-25)35-20-22-13-16-33(17-14-22)18-19-34-26-8-3-2-6-24(26)28(29,30)31/h2-12,15,22,27H,13-14,16-20H2,1H3/t27-/m0/s1. The van der Waals surface area contributed by atoms with E-state index in [1.54, 1.807) is 12.3 Å². The fourth-order valence-electron chi connectivity index (χ4n) is 4.35. The van der Waals surface area contributed by atoms with Crippen molar-refractivity contribution in [2.24, 2.45) is 5.92 Å². The smallest absolute Gasteiger partial charge is 0.419 e. The molecule has 1 fully saturated rings. The van der Waals surface area contributed by atoms with Crippen molar-refractivity contribution in [3.05, 3.63) is 95.3 Å². The Morgan fingerprint density at radius 2 is 1.69 bits per heavy atom. The van der Waals surface area contributed by atoms with Gasteiger partial charge in [0.2, 0.25) is 0 Å². The maximum absolute atomic E-state index is 13.1. The van der Waals surface area contributed by atoms with E-state index in [1.165, 1.54) is 17.7 Å². The number of ether oxygens (including phenoxy) is 2. The van der Waals surface area contributed by atoms with Gasteiger partial charge in [-0.15, -0.1) is 0 Å². The summed E-state index contributed by atoms with van der Waals surface area (Å²) in [5.41, 5.74) is 2.45. The van der Waals surface area contributed by atoms with E-state index in [-0.39, 0.29) is 18.5 Å². The number of rotatable bonds is 9. The average Bonchev–Trinajstić information content (AvgIpc) is 2.86. The lowest BCUT2D eigenvalue weighted by molar-refractivity contribution is -0.139. The first-order valence-corrected chi connectivity index (χ1v) is 12.0. The topological polar surface area (TPSA) is 34.6 Å². The third kappa shape index (κ3) is 7.05. The predicted octanol–water partition coefficient (Wildman–Crippen LogP) is 6.31. The number of aryl methyl sites for hydroxylation is 1. The van der Waals surface area contributed by atoms with Gasteiger partial charge < -0.3 is 9.47 Å². The SMILES string of the molecule is Cc1ccc([C@H](OCC2CCN(CCOc3ccccc3C(F)(F)F)CC2)c2ccccn2)cc1. The molecule has 0 spiro atoms. The summed E-state index contributed by atoms with van der Waals surface area (Å²) < 4.78 is 51.3. The fraction of sp³-hybridized carbons (Fsp3) is 0.393. The highest BCUT2D eigenvalue weighted by molar-refractivity contribution is 5.35. The van der Waals surface area contributed by atoms with Crippen LogP contribution in [0.15, 0.2) is 72.9 Å². The van der Waals surface area contributed by atoms with E-state index in [2.05, 4.69) is 41.1 Å². The second kappa shape index (κ2) is 11.7. The van der Waals surface area contributed by atoms with Gasteiger partial charge in [0.15, 0.2) is 0 Å². The largest absolute Gasteiger partial charge is 0.492 e. The molecule has 0 radical (unpaired) electrons. The monoisotopic (exact) mass is 484 g/mol. The van der Waals surface area contributed by atoms with E-state index in [4.69, 9.17) is 9.47 Å². The zero-order valence-corrected chi connectivity index (χ0v) is 19.9. The third-order valence-corrected chi connectivity index (χ3v) is 6.40. The van der Waals surface area contributed by atoms with E-state index in [9.17, 15) is 13.2 Å². The maximum atomic E-state index is 13.1. The first-order valence-electron chi connectivity index (χ1n) is 12.0. The molecule has 0 unspecified atom stereocenters. The molecular weight excluding hydrogens is 453 g/mol. The molecule has 1 atom stereocenters. The van der Waals surface area contributed by atoms with Crippen LogP contribution in [0.4, 0.5) is 13.2 Å². The van der Waals surface area contributed by atoms with Crippen molar-refractivity contribution >= 4 is 0 Å². The minimum absolute atomic E-state index is 0.111. The lowest BCUT2D eigenvalue weighted by Crippen LogP contribution is -2.37. The van der Waals surface area contributed by atoms with Crippen molar-refractivity contribution in [2.75, 3.05) is 32.8 Å². The predicted molar refractivity (Wildman–Crippen MR) is 129 cm³/mol. The van der Waals surface area contributed by atoms with Gasteiger partial charge in [0.05, 0.1) is 17.9 Å². The molecule has 186 valence electrons. The minimum Gasteiger partial charge on any atom is -0.492 e. The van der Waals surface area contributed by atoms with E-state index >= 15 is 0 Å². The van der Waals surface area contributed by atoms with Crippen LogP contribution in [0.1, 0.15) is 41.3 Å². The van der Waals surface area contributed by atoms with Gasteiger partial charge in [-0.3, -0.25) is 9.88 Å². The number of alkyl halides is 3. The van der Waals surface area contributed by atoms with Gasteiger partial charge in [-0.25, -0.2) is 0 Å². The van der Waals surface area contributed by atoms with Crippen LogP contribution in [0.3, 0.4) is 0 Å². The van der Waals surface area contributed by atoms with Crippen molar-refractivity contribution in [1.82, 2.24) is 9.88 Å². The Morgan fingerprint density at radius 1 is 0.971 bits per heavy atom. The quantitative estimate of drug-likeness (QED) is 0.357. The Morgan fingerprint density at radius 3 is 2.37 bits per heavy atom. The summed E-state index contributed by atoms with van der Waals surface area (Å²) in [5.74, 6) is 0.315. The maximum Gasteiger partial charge on any atom is 0.419 e. The molecule has 2 aromatic carbocycles. The Labute approximate surface area is 204 Å². The molecule has 1 aliphatic rings. The summed E-state index contributed by atoms with van der Waals surface area (Å²) in [6.07, 6.45) is -0.894. The van der Waals surface area contributed by atoms with Crippen LogP contribution in [-0.2, 0) is 10.9 Å². The molecule has 1 saturated heterocycles. The van der Waals surface area contributed by atoms with Crippen LogP contribution in [-0.4, -0.2) is 42.7 Å². The summed E-state index contributed by atoms with van der Waals surface area (Å²) >= 11 is 0. The molecule has 1 aromatic heterocycles. The Balaban J connectivity index is 1.25. The van der Waals surface area contributed by atoms with Crippen LogP contribution in [0, 0.1) is 12.8 Å². The van der Waals surface area contributed by atoms with E-state index in [1.807, 2.05) is 18.2 Å². The van der Waals surface area contributed by atoms with Crippen molar-refractivity contribution < 1.29 is 22.6 Å². The van der Waals surface area contributed by atoms with Crippen molar-refractivity contribution in [2.45, 2.75) is 32.0 Å². The van der Waals surface area contributed by atoms with E-state index < -0.39 is 11.7 Å². The molecule has 2 heterocycles. The molecule has 0 N–H and O–H groups in total. The molecule has 1 aliphatic heterocycles. The number of likely N-dealkylation sites (tertiary alicyclic amines) is 1. The Bertz CT molecular complexity index is 1050. The zero-order chi connectivity index (χ0) is 24.7. The molecule has 0 saturated carbocycles. The van der Waals surface area contributed by atoms with Gasteiger partial charge in [0.25, 0.3) is 0 Å². The van der Waals surface area contributed by atoms with Gasteiger partial charge in [0, 0.05) is 12.7 Å². The molecule has 4 rings (SSSR count). The molecule has 35 heavy (non-hydrogen) atoms. The summed E-state index contributed by atoms with van der Waals surface area (Å²) in [6.45, 7) is 5.27. The van der Waals surface area contributed by atoms with Gasteiger partial charge in [-0.05, 0) is 68.6 Å². The van der Waals surface area contributed by atoms with Crippen LogP contribution in [0.5, 0.6) is 5.75 Å². The van der Waals surface area contributed by atoms with Crippen molar-refractivity contribution in [3.63, 3.8) is 0 Å². The van der Waals surface area contributed by atoms with Gasteiger partial charge in [-0.1, -0.05) is 48.0 Å².